The molecule has 0 aromatic carbocycles. The van der Waals surface area contributed by atoms with E-state index in [4.69, 9.17) is 4.42 Å². The molecule has 0 N–H and O–H groups in total. The van der Waals surface area contributed by atoms with E-state index in [2.05, 4.69) is 36.1 Å². The Hall–Kier alpha value is -2.19. The van der Waals surface area contributed by atoms with Crippen molar-refractivity contribution < 1.29 is 4.42 Å². The third-order valence-corrected chi connectivity index (χ3v) is 4.46. The van der Waals surface area contributed by atoms with E-state index in [0.717, 1.165) is 21.4 Å². The van der Waals surface area contributed by atoms with Gasteiger partial charge in [-0.05, 0) is 40.2 Å². The molecule has 0 amide bonds. The number of hydrogen-bond acceptors (Lipinski definition) is 6. The molecule has 0 spiro atoms. The Morgan fingerprint density at radius 2 is 1.96 bits per heavy atom. The number of rotatable bonds is 4. The normalized spacial score (nSPS) is 11.2. The topological polar surface area (TPSA) is 69.1 Å². The maximum absolute atomic E-state index is 5.66. The van der Waals surface area contributed by atoms with Gasteiger partial charge in [-0.1, -0.05) is 11.8 Å². The highest BCUT2D eigenvalue weighted by Gasteiger charge is 2.10. The summed E-state index contributed by atoms with van der Waals surface area (Å²) in [5, 5.41) is 8.64. The molecule has 4 aromatic rings. The first kappa shape index (κ1) is 14.4. The average molecular weight is 388 g/mol. The van der Waals surface area contributed by atoms with Crippen LogP contribution in [0.25, 0.3) is 17.1 Å². The summed E-state index contributed by atoms with van der Waals surface area (Å²) in [4.78, 5) is 8.53. The van der Waals surface area contributed by atoms with E-state index in [0.29, 0.717) is 16.9 Å². The van der Waals surface area contributed by atoms with Crippen LogP contribution < -0.4 is 0 Å². The number of pyridine rings is 2. The quantitative estimate of drug-likeness (QED) is 0.495. The van der Waals surface area contributed by atoms with E-state index in [9.17, 15) is 0 Å². The summed E-state index contributed by atoms with van der Waals surface area (Å²) in [5.74, 6) is 1.16. The standard InChI is InChI=1S/C15H10BrN5OS/c16-11-1-2-13-18-12(8-21(13)7-11)9-23-15-20-19-14(22-15)10-3-5-17-6-4-10/h1-8H,9H2. The van der Waals surface area contributed by atoms with Gasteiger partial charge in [-0.3, -0.25) is 4.98 Å². The highest BCUT2D eigenvalue weighted by Crippen LogP contribution is 2.25. The lowest BCUT2D eigenvalue weighted by atomic mass is 10.3. The summed E-state index contributed by atoms with van der Waals surface area (Å²) in [5.41, 5.74) is 2.72. The minimum atomic E-state index is 0.494. The zero-order valence-corrected chi connectivity index (χ0v) is 14.2. The van der Waals surface area contributed by atoms with Crippen LogP contribution in [-0.4, -0.2) is 24.6 Å². The molecule has 0 saturated carbocycles. The van der Waals surface area contributed by atoms with Crippen LogP contribution in [0.2, 0.25) is 0 Å². The lowest BCUT2D eigenvalue weighted by Crippen LogP contribution is -1.80. The summed E-state index contributed by atoms with van der Waals surface area (Å²) in [6, 6.07) is 7.61. The smallest absolute Gasteiger partial charge is 0.277 e. The van der Waals surface area contributed by atoms with Gasteiger partial charge in [0.25, 0.3) is 5.22 Å². The Bertz CT molecular complexity index is 953. The maximum Gasteiger partial charge on any atom is 0.277 e. The molecule has 0 unspecified atom stereocenters. The van der Waals surface area contributed by atoms with Gasteiger partial charge in [0.05, 0.1) is 5.69 Å². The first-order valence-electron chi connectivity index (χ1n) is 6.78. The Balaban J connectivity index is 1.49. The zero-order chi connectivity index (χ0) is 15.6. The summed E-state index contributed by atoms with van der Waals surface area (Å²) in [6.07, 6.45) is 7.36. The molecule has 114 valence electrons. The predicted molar refractivity (Wildman–Crippen MR) is 90.0 cm³/mol. The van der Waals surface area contributed by atoms with Gasteiger partial charge in [0.1, 0.15) is 5.65 Å². The van der Waals surface area contributed by atoms with Gasteiger partial charge in [0, 0.05) is 40.6 Å². The van der Waals surface area contributed by atoms with Crippen LogP contribution >= 0.6 is 27.7 Å². The number of imidazole rings is 1. The molecule has 23 heavy (non-hydrogen) atoms. The number of thioether (sulfide) groups is 1. The van der Waals surface area contributed by atoms with Gasteiger partial charge in [-0.2, -0.15) is 0 Å². The van der Waals surface area contributed by atoms with Crippen LogP contribution in [0.5, 0.6) is 0 Å². The summed E-state index contributed by atoms with van der Waals surface area (Å²) >= 11 is 4.92. The molecule has 8 heteroatoms. The highest BCUT2D eigenvalue weighted by molar-refractivity contribution is 9.10. The monoisotopic (exact) mass is 387 g/mol. The van der Waals surface area contributed by atoms with Crippen molar-refractivity contribution in [3.63, 3.8) is 0 Å². The van der Waals surface area contributed by atoms with Crippen molar-refractivity contribution in [2.75, 3.05) is 0 Å². The molecule has 0 aliphatic heterocycles. The molecule has 0 aliphatic rings. The maximum atomic E-state index is 5.66. The third kappa shape index (κ3) is 3.13. The molecule has 6 nitrogen and oxygen atoms in total. The largest absolute Gasteiger partial charge is 0.411 e. The predicted octanol–water partition coefficient (Wildman–Crippen LogP) is 3.83. The minimum Gasteiger partial charge on any atom is -0.411 e. The van der Waals surface area contributed by atoms with Crippen molar-refractivity contribution in [2.45, 2.75) is 11.0 Å². The van der Waals surface area contributed by atoms with Gasteiger partial charge in [-0.15, -0.1) is 10.2 Å². The molecule has 0 bridgehead atoms. The van der Waals surface area contributed by atoms with Crippen molar-refractivity contribution >= 4 is 33.3 Å². The molecule has 0 radical (unpaired) electrons. The van der Waals surface area contributed by atoms with Gasteiger partial charge in [0.2, 0.25) is 5.89 Å². The van der Waals surface area contributed by atoms with E-state index in [1.54, 1.807) is 12.4 Å². The second-order valence-electron chi connectivity index (χ2n) is 4.74. The molecule has 0 fully saturated rings. The van der Waals surface area contributed by atoms with Crippen LogP contribution in [0, 0.1) is 0 Å². The van der Waals surface area contributed by atoms with Crippen LogP contribution in [0.15, 0.2) is 63.2 Å². The van der Waals surface area contributed by atoms with Gasteiger partial charge in [0.15, 0.2) is 0 Å². The lowest BCUT2D eigenvalue weighted by Gasteiger charge is -1.93. The number of hydrogen-bond donors (Lipinski definition) is 0. The van der Waals surface area contributed by atoms with Gasteiger partial charge >= 0.3 is 0 Å². The zero-order valence-electron chi connectivity index (χ0n) is 11.8. The number of aromatic nitrogens is 5. The Morgan fingerprint density at radius 3 is 2.83 bits per heavy atom. The summed E-state index contributed by atoms with van der Waals surface area (Å²) < 4.78 is 8.65. The second kappa shape index (κ2) is 6.13. The average Bonchev–Trinajstić information content (AvgIpc) is 3.20. The summed E-state index contributed by atoms with van der Waals surface area (Å²) in [6.45, 7) is 0. The van der Waals surface area contributed by atoms with Crippen LogP contribution in [0.4, 0.5) is 0 Å². The Labute approximate surface area is 144 Å². The lowest BCUT2D eigenvalue weighted by molar-refractivity contribution is 0.465. The SMILES string of the molecule is Brc1ccc2nc(CSc3nnc(-c4ccncc4)o3)cn2c1. The Kier molecular flexibility index (Phi) is 3.84. The third-order valence-electron chi connectivity index (χ3n) is 3.14. The molecular weight excluding hydrogens is 378 g/mol. The first-order valence-corrected chi connectivity index (χ1v) is 8.56. The van der Waals surface area contributed by atoms with Crippen LogP contribution in [0.3, 0.4) is 0 Å². The number of fused-ring (bicyclic) bond motifs is 1. The second-order valence-corrected chi connectivity index (χ2v) is 6.58. The highest BCUT2D eigenvalue weighted by atomic mass is 79.9. The van der Waals surface area contributed by atoms with Gasteiger partial charge in [-0.25, -0.2) is 4.98 Å². The van der Waals surface area contributed by atoms with Crippen molar-refractivity contribution in [1.82, 2.24) is 24.6 Å². The van der Waals surface area contributed by atoms with Crippen LogP contribution in [0.1, 0.15) is 5.69 Å². The molecule has 0 atom stereocenters. The molecular formula is C15H10BrN5OS. The fraction of sp³-hybridized carbons (Fsp3) is 0.0667. The number of halogens is 1. The number of nitrogens with zero attached hydrogens (tertiary/aromatic N) is 5. The fourth-order valence-corrected chi connectivity index (χ4v) is 3.10. The molecule has 4 rings (SSSR count). The first-order chi connectivity index (χ1) is 11.3. The molecule has 0 saturated heterocycles. The van der Waals surface area contributed by atoms with Crippen molar-refractivity contribution in [2.24, 2.45) is 0 Å². The van der Waals surface area contributed by atoms with Crippen LogP contribution in [-0.2, 0) is 5.75 Å². The molecule has 4 heterocycles. The van der Waals surface area contributed by atoms with Crippen molar-refractivity contribution in [3.8, 4) is 11.5 Å². The molecule has 4 aromatic heterocycles. The minimum absolute atomic E-state index is 0.494. The van der Waals surface area contributed by atoms with E-state index < -0.39 is 0 Å². The van der Waals surface area contributed by atoms with Crippen molar-refractivity contribution in [1.29, 1.82) is 0 Å². The van der Waals surface area contributed by atoms with Gasteiger partial charge < -0.3 is 8.82 Å². The fourth-order valence-electron chi connectivity index (χ4n) is 2.10. The molecule has 0 aliphatic carbocycles. The van der Waals surface area contributed by atoms with E-state index in [1.807, 2.05) is 41.1 Å². The van der Waals surface area contributed by atoms with E-state index >= 15 is 0 Å². The summed E-state index contributed by atoms with van der Waals surface area (Å²) in [7, 11) is 0. The van der Waals surface area contributed by atoms with Crippen molar-refractivity contribution in [3.05, 3.63) is 59.2 Å². The van der Waals surface area contributed by atoms with E-state index in [1.165, 1.54) is 11.8 Å². The van der Waals surface area contributed by atoms with E-state index in [-0.39, 0.29) is 0 Å². The Morgan fingerprint density at radius 1 is 1.09 bits per heavy atom.